The van der Waals surface area contributed by atoms with E-state index in [1.165, 1.54) is 0 Å². The Morgan fingerprint density at radius 3 is 2.32 bits per heavy atom. The lowest BCUT2D eigenvalue weighted by atomic mass is 9.85. The largest absolute Gasteiger partial charge is 0.443 e. The monoisotopic (exact) mass is 315 g/mol. The topological polar surface area (TPSA) is 48.0 Å². The van der Waals surface area contributed by atoms with Gasteiger partial charge in [0.15, 0.2) is 0 Å². The Morgan fingerprint density at radius 1 is 1.18 bits per heavy atom. The molecule has 130 valence electrons. The van der Waals surface area contributed by atoms with Crippen molar-refractivity contribution in [1.29, 1.82) is 0 Å². The predicted octanol–water partition coefficient (Wildman–Crippen LogP) is 3.61. The molecule has 1 aliphatic rings. The fourth-order valence-electron chi connectivity index (χ4n) is 3.08. The molecule has 0 aliphatic carbocycles. The molecular formula is C17H33NO4. The van der Waals surface area contributed by atoms with E-state index < -0.39 is 5.60 Å². The molecule has 0 aromatic carbocycles. The van der Waals surface area contributed by atoms with Gasteiger partial charge in [0, 0.05) is 27.2 Å². The van der Waals surface area contributed by atoms with E-state index in [-0.39, 0.29) is 17.7 Å². The van der Waals surface area contributed by atoms with Crippen LogP contribution in [0.3, 0.4) is 0 Å². The van der Waals surface area contributed by atoms with Crippen LogP contribution in [0.25, 0.3) is 0 Å². The lowest BCUT2D eigenvalue weighted by Gasteiger charge is -2.38. The average Bonchev–Trinajstić information content (AvgIpc) is 2.96. The summed E-state index contributed by atoms with van der Waals surface area (Å²) in [5.41, 5.74) is -0.792. The maximum atomic E-state index is 12.6. The van der Waals surface area contributed by atoms with Crippen LogP contribution in [-0.2, 0) is 14.2 Å². The highest BCUT2D eigenvalue weighted by molar-refractivity contribution is 5.69. The van der Waals surface area contributed by atoms with Crippen LogP contribution >= 0.6 is 0 Å². The Labute approximate surface area is 135 Å². The van der Waals surface area contributed by atoms with Crippen LogP contribution in [0.4, 0.5) is 4.79 Å². The molecular weight excluding hydrogens is 282 g/mol. The Hall–Kier alpha value is -0.810. The Bertz CT molecular complexity index is 357. The number of ether oxygens (including phenoxy) is 3. The van der Waals surface area contributed by atoms with Gasteiger partial charge in [-0.25, -0.2) is 4.79 Å². The van der Waals surface area contributed by atoms with Gasteiger partial charge in [-0.15, -0.1) is 0 Å². The lowest BCUT2D eigenvalue weighted by Crippen LogP contribution is -2.46. The fraction of sp³-hybridized carbons (Fsp3) is 0.941. The maximum absolute atomic E-state index is 12.6. The molecule has 3 atom stereocenters. The molecule has 1 amide bonds. The van der Waals surface area contributed by atoms with Crippen molar-refractivity contribution < 1.29 is 19.0 Å². The average molecular weight is 315 g/mol. The second-order valence-electron chi connectivity index (χ2n) is 6.80. The molecule has 22 heavy (non-hydrogen) atoms. The first-order valence-electron chi connectivity index (χ1n) is 8.36. The van der Waals surface area contributed by atoms with Gasteiger partial charge in [-0.3, -0.25) is 0 Å². The number of carbonyl (C=O) groups excluding carboxylic acids is 1. The van der Waals surface area contributed by atoms with E-state index in [0.717, 1.165) is 32.2 Å². The van der Waals surface area contributed by atoms with Gasteiger partial charge < -0.3 is 19.1 Å². The van der Waals surface area contributed by atoms with E-state index in [1.54, 1.807) is 14.2 Å². The number of amides is 1. The highest BCUT2D eigenvalue weighted by Crippen LogP contribution is 2.32. The summed E-state index contributed by atoms with van der Waals surface area (Å²) in [5.74, 6) is 0. The first-order chi connectivity index (χ1) is 10.3. The molecule has 1 saturated heterocycles. The first kappa shape index (κ1) is 19.2. The molecule has 0 aromatic heterocycles. The van der Waals surface area contributed by atoms with Gasteiger partial charge in [0.1, 0.15) is 5.60 Å². The number of hydrogen-bond donors (Lipinski definition) is 0. The van der Waals surface area contributed by atoms with E-state index in [2.05, 4.69) is 20.8 Å². The van der Waals surface area contributed by atoms with E-state index in [0.29, 0.717) is 13.0 Å². The molecule has 1 rings (SSSR count). The van der Waals surface area contributed by atoms with Gasteiger partial charge in [0.2, 0.25) is 0 Å². The molecule has 1 aliphatic heterocycles. The lowest BCUT2D eigenvalue weighted by molar-refractivity contribution is -0.0841. The molecule has 1 heterocycles. The second-order valence-corrected chi connectivity index (χ2v) is 6.80. The normalized spacial score (nSPS) is 23.9. The van der Waals surface area contributed by atoms with Gasteiger partial charge in [0.25, 0.3) is 0 Å². The quantitative estimate of drug-likeness (QED) is 0.686. The molecule has 3 unspecified atom stereocenters. The van der Waals surface area contributed by atoms with Crippen LogP contribution in [0.15, 0.2) is 0 Å². The third-order valence-electron chi connectivity index (χ3n) is 5.04. The molecule has 5 heteroatoms. The summed E-state index contributed by atoms with van der Waals surface area (Å²) in [6.07, 6.45) is 4.11. The van der Waals surface area contributed by atoms with Gasteiger partial charge in [-0.2, -0.15) is 0 Å². The summed E-state index contributed by atoms with van der Waals surface area (Å²) in [5, 5.41) is 0. The molecule has 0 radical (unpaired) electrons. The molecule has 0 N–H and O–H groups in total. The minimum absolute atomic E-state index is 0.138. The van der Waals surface area contributed by atoms with Crippen molar-refractivity contribution in [3.05, 3.63) is 0 Å². The van der Waals surface area contributed by atoms with Crippen molar-refractivity contribution in [2.45, 2.75) is 77.0 Å². The summed E-state index contributed by atoms with van der Waals surface area (Å²) in [6.45, 7) is 9.54. The Balaban J connectivity index is 2.73. The number of methoxy groups -OCH3 is 2. The molecule has 0 bridgehead atoms. The highest BCUT2D eigenvalue weighted by Gasteiger charge is 2.39. The van der Waals surface area contributed by atoms with E-state index in [1.807, 2.05) is 11.8 Å². The van der Waals surface area contributed by atoms with Crippen molar-refractivity contribution in [3.63, 3.8) is 0 Å². The number of likely N-dealkylation sites (tertiary alicyclic amines) is 1. The summed E-state index contributed by atoms with van der Waals surface area (Å²) in [6, 6.07) is 0.138. The van der Waals surface area contributed by atoms with E-state index in [9.17, 15) is 4.79 Å². The molecule has 0 saturated carbocycles. The smallest absolute Gasteiger partial charge is 0.410 e. The van der Waals surface area contributed by atoms with Crippen molar-refractivity contribution in [2.24, 2.45) is 0 Å². The fourth-order valence-corrected chi connectivity index (χ4v) is 3.08. The zero-order chi connectivity index (χ0) is 16.8. The van der Waals surface area contributed by atoms with Crippen LogP contribution in [0.1, 0.15) is 59.8 Å². The van der Waals surface area contributed by atoms with Crippen molar-refractivity contribution in [2.75, 3.05) is 27.4 Å². The SMILES string of the molecule is CCC(C)(CC(C)(CC)OC(=O)N1CCCC1COC)OC. The second kappa shape index (κ2) is 8.16. The van der Waals surface area contributed by atoms with Crippen molar-refractivity contribution in [1.82, 2.24) is 4.90 Å². The van der Waals surface area contributed by atoms with E-state index >= 15 is 0 Å². The minimum Gasteiger partial charge on any atom is -0.443 e. The predicted molar refractivity (Wildman–Crippen MR) is 87.1 cm³/mol. The number of rotatable bonds is 8. The van der Waals surface area contributed by atoms with Crippen LogP contribution in [0.2, 0.25) is 0 Å². The molecule has 1 fully saturated rings. The molecule has 0 spiro atoms. The van der Waals surface area contributed by atoms with Gasteiger partial charge >= 0.3 is 6.09 Å². The standard InChI is InChI=1S/C17H33NO4/c1-7-16(3,21-6)13-17(4,8-2)22-15(19)18-11-9-10-14(18)12-20-5/h14H,7-13H2,1-6H3. The summed E-state index contributed by atoms with van der Waals surface area (Å²) < 4.78 is 16.7. The summed E-state index contributed by atoms with van der Waals surface area (Å²) >= 11 is 0. The first-order valence-corrected chi connectivity index (χ1v) is 8.36. The number of nitrogens with zero attached hydrogens (tertiary/aromatic N) is 1. The zero-order valence-electron chi connectivity index (χ0n) is 15.1. The Morgan fingerprint density at radius 2 is 1.82 bits per heavy atom. The minimum atomic E-state index is -0.516. The van der Waals surface area contributed by atoms with Gasteiger partial charge in [-0.05, 0) is 39.5 Å². The third kappa shape index (κ3) is 4.85. The van der Waals surface area contributed by atoms with E-state index in [4.69, 9.17) is 14.2 Å². The van der Waals surface area contributed by atoms with Crippen LogP contribution < -0.4 is 0 Å². The molecule has 0 aromatic rings. The summed E-state index contributed by atoms with van der Waals surface area (Å²) in [4.78, 5) is 14.4. The van der Waals surface area contributed by atoms with Crippen molar-refractivity contribution >= 4 is 6.09 Å². The van der Waals surface area contributed by atoms with Gasteiger partial charge in [0.05, 0.1) is 18.2 Å². The Kier molecular flexibility index (Phi) is 7.13. The molecule has 5 nitrogen and oxygen atoms in total. The van der Waals surface area contributed by atoms with Gasteiger partial charge in [-0.1, -0.05) is 13.8 Å². The van der Waals surface area contributed by atoms with Crippen LogP contribution in [-0.4, -0.2) is 55.6 Å². The maximum Gasteiger partial charge on any atom is 0.410 e. The van der Waals surface area contributed by atoms with Crippen molar-refractivity contribution in [3.8, 4) is 0 Å². The third-order valence-corrected chi connectivity index (χ3v) is 5.04. The number of carbonyl (C=O) groups is 1. The highest BCUT2D eigenvalue weighted by atomic mass is 16.6. The van der Waals surface area contributed by atoms with Crippen LogP contribution in [0.5, 0.6) is 0 Å². The summed E-state index contributed by atoms with van der Waals surface area (Å²) in [7, 11) is 3.39. The number of hydrogen-bond acceptors (Lipinski definition) is 4. The van der Waals surface area contributed by atoms with Crippen LogP contribution in [0, 0.1) is 0 Å². The zero-order valence-corrected chi connectivity index (χ0v) is 15.1.